The van der Waals surface area contributed by atoms with Crippen molar-refractivity contribution in [1.82, 2.24) is 0 Å². The molecule has 1 amide bonds. The lowest BCUT2D eigenvalue weighted by Gasteiger charge is -2.06. The van der Waals surface area contributed by atoms with Gasteiger partial charge in [-0.05, 0) is 35.9 Å². The number of rotatable bonds is 3. The average Bonchev–Trinajstić information content (AvgIpc) is 2.54. The molecule has 1 aromatic heterocycles. The fourth-order valence-electron chi connectivity index (χ4n) is 2.36. The highest BCUT2D eigenvalue weighted by atomic mass is 16.5. The smallest absolute Gasteiger partial charge is 0.344 e. The van der Waals surface area contributed by atoms with Crippen molar-refractivity contribution < 1.29 is 13.9 Å². The van der Waals surface area contributed by atoms with Crippen LogP contribution in [0.25, 0.3) is 22.1 Å². The number of benzene rings is 2. The lowest BCUT2D eigenvalue weighted by molar-refractivity contribution is -0.114. The molecule has 5 heteroatoms. The van der Waals surface area contributed by atoms with Crippen molar-refractivity contribution in [2.75, 3.05) is 12.4 Å². The SMILES string of the molecule is COc1ccc2cc(-c3ccc(NC(C)=O)cc3)c(=O)oc2c1. The molecule has 3 aromatic rings. The van der Waals surface area contributed by atoms with E-state index in [1.165, 1.54) is 6.92 Å². The Hall–Kier alpha value is -3.08. The Balaban J connectivity index is 2.04. The first-order valence-corrected chi connectivity index (χ1v) is 7.07. The van der Waals surface area contributed by atoms with Gasteiger partial charge in [0.2, 0.25) is 5.91 Å². The Kier molecular flexibility index (Phi) is 3.85. The Morgan fingerprint density at radius 2 is 1.83 bits per heavy atom. The predicted molar refractivity (Wildman–Crippen MR) is 88.8 cm³/mol. The lowest BCUT2D eigenvalue weighted by atomic mass is 10.1. The van der Waals surface area contributed by atoms with Crippen molar-refractivity contribution in [1.29, 1.82) is 0 Å². The second-order valence-corrected chi connectivity index (χ2v) is 5.11. The molecule has 1 N–H and O–H groups in total. The summed E-state index contributed by atoms with van der Waals surface area (Å²) in [6.07, 6.45) is 0. The number of hydrogen-bond donors (Lipinski definition) is 1. The van der Waals surface area contributed by atoms with Crippen LogP contribution in [0.5, 0.6) is 5.75 Å². The summed E-state index contributed by atoms with van der Waals surface area (Å²) in [5.74, 6) is 0.491. The summed E-state index contributed by atoms with van der Waals surface area (Å²) in [6.45, 7) is 1.44. The molecule has 0 aliphatic rings. The zero-order chi connectivity index (χ0) is 16.4. The third-order valence-corrected chi connectivity index (χ3v) is 3.46. The minimum absolute atomic E-state index is 0.142. The van der Waals surface area contributed by atoms with E-state index in [-0.39, 0.29) is 5.91 Å². The van der Waals surface area contributed by atoms with E-state index in [1.54, 1.807) is 43.5 Å². The van der Waals surface area contributed by atoms with Crippen molar-refractivity contribution in [3.05, 3.63) is 59.0 Å². The van der Waals surface area contributed by atoms with E-state index < -0.39 is 5.63 Å². The zero-order valence-corrected chi connectivity index (χ0v) is 12.8. The maximum absolute atomic E-state index is 12.2. The minimum atomic E-state index is -0.418. The first kappa shape index (κ1) is 14.8. The van der Waals surface area contributed by atoms with Crippen LogP contribution in [0.15, 0.2) is 57.7 Å². The van der Waals surface area contributed by atoms with Gasteiger partial charge in [0.05, 0.1) is 12.7 Å². The number of nitrogens with one attached hydrogen (secondary N) is 1. The van der Waals surface area contributed by atoms with Crippen LogP contribution >= 0.6 is 0 Å². The van der Waals surface area contributed by atoms with E-state index in [0.717, 1.165) is 10.9 Å². The number of anilines is 1. The third-order valence-electron chi connectivity index (χ3n) is 3.46. The van der Waals surface area contributed by atoms with Crippen LogP contribution in [0, 0.1) is 0 Å². The molecular formula is C18H15NO4. The van der Waals surface area contributed by atoms with Crippen LogP contribution in [0.3, 0.4) is 0 Å². The second-order valence-electron chi connectivity index (χ2n) is 5.11. The number of methoxy groups -OCH3 is 1. The van der Waals surface area contributed by atoms with E-state index in [2.05, 4.69) is 5.32 Å². The van der Waals surface area contributed by atoms with Gasteiger partial charge in [0.25, 0.3) is 0 Å². The summed E-state index contributed by atoms with van der Waals surface area (Å²) in [5, 5.41) is 3.50. The standard InChI is InChI=1S/C18H15NO4/c1-11(20)19-14-6-3-12(4-7-14)16-9-13-5-8-15(22-2)10-17(13)23-18(16)21/h3-10H,1-2H3,(H,19,20). The fourth-order valence-corrected chi connectivity index (χ4v) is 2.36. The van der Waals surface area contributed by atoms with Crippen molar-refractivity contribution >= 4 is 22.6 Å². The van der Waals surface area contributed by atoms with Crippen molar-refractivity contribution in [3.8, 4) is 16.9 Å². The molecule has 0 spiro atoms. The highest BCUT2D eigenvalue weighted by Gasteiger charge is 2.09. The normalized spacial score (nSPS) is 10.5. The lowest BCUT2D eigenvalue weighted by Crippen LogP contribution is -2.06. The van der Waals surface area contributed by atoms with E-state index in [0.29, 0.717) is 22.6 Å². The maximum Gasteiger partial charge on any atom is 0.344 e. The Morgan fingerprint density at radius 1 is 1.09 bits per heavy atom. The monoisotopic (exact) mass is 309 g/mol. The van der Waals surface area contributed by atoms with E-state index in [4.69, 9.17) is 9.15 Å². The second kappa shape index (κ2) is 5.96. The number of carbonyl (C=O) groups excluding carboxylic acids is 1. The summed E-state index contributed by atoms with van der Waals surface area (Å²) >= 11 is 0. The molecule has 0 radical (unpaired) electrons. The van der Waals surface area contributed by atoms with E-state index >= 15 is 0 Å². The zero-order valence-electron chi connectivity index (χ0n) is 12.8. The highest BCUT2D eigenvalue weighted by molar-refractivity contribution is 5.89. The van der Waals surface area contributed by atoms with Crippen LogP contribution in [-0.2, 0) is 4.79 Å². The molecule has 5 nitrogen and oxygen atoms in total. The molecule has 0 aliphatic carbocycles. The average molecular weight is 309 g/mol. The van der Waals surface area contributed by atoms with Gasteiger partial charge in [-0.25, -0.2) is 4.79 Å². The molecule has 0 unspecified atom stereocenters. The molecule has 0 saturated carbocycles. The highest BCUT2D eigenvalue weighted by Crippen LogP contribution is 2.25. The number of hydrogen-bond acceptors (Lipinski definition) is 4. The quantitative estimate of drug-likeness (QED) is 0.753. The van der Waals surface area contributed by atoms with Crippen LogP contribution in [0.2, 0.25) is 0 Å². The first-order chi connectivity index (χ1) is 11.1. The summed E-state index contributed by atoms with van der Waals surface area (Å²) < 4.78 is 10.5. The Labute approximate surface area is 132 Å². The molecule has 0 fully saturated rings. The van der Waals surface area contributed by atoms with Gasteiger partial charge in [-0.2, -0.15) is 0 Å². The topological polar surface area (TPSA) is 68.5 Å². The van der Waals surface area contributed by atoms with Crippen LogP contribution in [0.1, 0.15) is 6.92 Å². The van der Waals surface area contributed by atoms with E-state index in [9.17, 15) is 9.59 Å². The molecule has 3 rings (SSSR count). The summed E-state index contributed by atoms with van der Waals surface area (Å²) in [6, 6.07) is 14.1. The van der Waals surface area contributed by atoms with E-state index in [1.807, 2.05) is 12.1 Å². The summed E-state index contributed by atoms with van der Waals surface area (Å²) in [7, 11) is 1.56. The third kappa shape index (κ3) is 3.08. The fraction of sp³-hybridized carbons (Fsp3) is 0.111. The molecule has 0 aliphatic heterocycles. The minimum Gasteiger partial charge on any atom is -0.497 e. The van der Waals surface area contributed by atoms with Gasteiger partial charge in [0.15, 0.2) is 0 Å². The van der Waals surface area contributed by atoms with Crippen molar-refractivity contribution in [2.45, 2.75) is 6.92 Å². The van der Waals surface area contributed by atoms with Crippen LogP contribution < -0.4 is 15.7 Å². The number of fused-ring (bicyclic) bond motifs is 1. The van der Waals surface area contributed by atoms with Gasteiger partial charge in [-0.15, -0.1) is 0 Å². The van der Waals surface area contributed by atoms with Crippen LogP contribution in [-0.4, -0.2) is 13.0 Å². The molecule has 0 saturated heterocycles. The van der Waals surface area contributed by atoms with Gasteiger partial charge in [0, 0.05) is 24.1 Å². The molecule has 1 heterocycles. The summed E-state index contributed by atoms with van der Waals surface area (Å²) in [5.41, 5.74) is 1.93. The van der Waals surface area contributed by atoms with Crippen molar-refractivity contribution in [2.24, 2.45) is 0 Å². The number of carbonyl (C=O) groups is 1. The molecule has 23 heavy (non-hydrogen) atoms. The Bertz CT molecular complexity index is 926. The Morgan fingerprint density at radius 3 is 2.48 bits per heavy atom. The molecular weight excluding hydrogens is 294 g/mol. The van der Waals surface area contributed by atoms with Crippen molar-refractivity contribution in [3.63, 3.8) is 0 Å². The molecule has 0 atom stereocenters. The molecule has 2 aromatic carbocycles. The van der Waals surface area contributed by atoms with Gasteiger partial charge in [-0.1, -0.05) is 12.1 Å². The van der Waals surface area contributed by atoms with Gasteiger partial charge in [-0.3, -0.25) is 4.79 Å². The number of amides is 1. The summed E-state index contributed by atoms with van der Waals surface area (Å²) in [4.78, 5) is 23.3. The maximum atomic E-state index is 12.2. The van der Waals surface area contributed by atoms with Gasteiger partial charge in [0.1, 0.15) is 11.3 Å². The van der Waals surface area contributed by atoms with Crippen LogP contribution in [0.4, 0.5) is 5.69 Å². The van der Waals surface area contributed by atoms with Gasteiger partial charge >= 0.3 is 5.63 Å². The largest absolute Gasteiger partial charge is 0.497 e. The van der Waals surface area contributed by atoms with Gasteiger partial charge < -0.3 is 14.5 Å². The molecule has 116 valence electrons. The molecule has 0 bridgehead atoms. The predicted octanol–water partition coefficient (Wildman–Crippen LogP) is 3.43. The first-order valence-electron chi connectivity index (χ1n) is 7.07. The number of ether oxygens (including phenoxy) is 1.